The van der Waals surface area contributed by atoms with E-state index in [0.29, 0.717) is 17.0 Å². The molecular formula is C19H23N3O5S2. The topological polar surface area (TPSA) is 139 Å². The molecule has 0 aliphatic rings. The summed E-state index contributed by atoms with van der Waals surface area (Å²) in [5.41, 5.74) is 6.47. The molecule has 10 heteroatoms. The van der Waals surface area contributed by atoms with E-state index in [4.69, 9.17) is 5.73 Å². The van der Waals surface area contributed by atoms with E-state index in [1.54, 1.807) is 24.3 Å². The van der Waals surface area contributed by atoms with Gasteiger partial charge in [0, 0.05) is 29.7 Å². The van der Waals surface area contributed by atoms with Crippen LogP contribution in [0.1, 0.15) is 37.0 Å². The molecule has 2 aromatic rings. The molecule has 156 valence electrons. The molecule has 2 aromatic carbocycles. The van der Waals surface area contributed by atoms with Crippen LogP contribution in [0.15, 0.2) is 51.1 Å². The van der Waals surface area contributed by atoms with Crippen LogP contribution >= 0.6 is 11.8 Å². The highest BCUT2D eigenvalue weighted by Crippen LogP contribution is 2.38. The molecule has 0 aliphatic carbocycles. The van der Waals surface area contributed by atoms with Gasteiger partial charge in [0.1, 0.15) is 0 Å². The van der Waals surface area contributed by atoms with Gasteiger partial charge in [0.2, 0.25) is 15.9 Å². The summed E-state index contributed by atoms with van der Waals surface area (Å²) in [5, 5.41) is 11.9. The number of benzene rings is 2. The van der Waals surface area contributed by atoms with Gasteiger partial charge in [-0.3, -0.25) is 4.79 Å². The van der Waals surface area contributed by atoms with Gasteiger partial charge in [-0.2, -0.15) is 0 Å². The van der Waals surface area contributed by atoms with Gasteiger partial charge in [-0.25, -0.2) is 17.9 Å². The number of amides is 1. The summed E-state index contributed by atoms with van der Waals surface area (Å²) in [5.74, 6) is -1.47. The molecule has 1 amide bonds. The van der Waals surface area contributed by atoms with Crippen LogP contribution in [0.5, 0.6) is 0 Å². The molecule has 0 spiro atoms. The highest BCUT2D eigenvalue weighted by molar-refractivity contribution is 8.00. The normalized spacial score (nSPS) is 11.2. The Morgan fingerprint density at radius 2 is 1.83 bits per heavy atom. The van der Waals surface area contributed by atoms with E-state index < -0.39 is 16.0 Å². The fourth-order valence-corrected chi connectivity index (χ4v) is 4.96. The number of anilines is 2. The van der Waals surface area contributed by atoms with Crippen molar-refractivity contribution in [1.29, 1.82) is 0 Å². The van der Waals surface area contributed by atoms with Gasteiger partial charge >= 0.3 is 5.97 Å². The molecule has 0 aromatic heterocycles. The number of nitrogens with two attached hydrogens (primary N) is 1. The first-order valence-electron chi connectivity index (χ1n) is 8.86. The van der Waals surface area contributed by atoms with Gasteiger partial charge in [-0.1, -0.05) is 25.1 Å². The zero-order chi connectivity index (χ0) is 21.6. The van der Waals surface area contributed by atoms with Crippen molar-refractivity contribution in [2.24, 2.45) is 0 Å². The molecule has 0 heterocycles. The van der Waals surface area contributed by atoms with Gasteiger partial charge in [0.25, 0.3) is 0 Å². The average Bonchev–Trinajstić information content (AvgIpc) is 2.64. The molecule has 0 radical (unpaired) electrons. The number of hydrogen-bond donors (Lipinski definition) is 4. The van der Waals surface area contributed by atoms with Crippen LogP contribution in [0.4, 0.5) is 11.4 Å². The van der Waals surface area contributed by atoms with Crippen LogP contribution in [-0.2, 0) is 14.8 Å². The van der Waals surface area contributed by atoms with Crippen LogP contribution in [0.25, 0.3) is 0 Å². The maximum absolute atomic E-state index is 12.8. The molecule has 0 unspecified atom stereocenters. The van der Waals surface area contributed by atoms with Crippen molar-refractivity contribution in [2.45, 2.75) is 41.4 Å². The molecule has 0 saturated heterocycles. The van der Waals surface area contributed by atoms with Crippen molar-refractivity contribution in [3.8, 4) is 0 Å². The molecule has 2 rings (SSSR count). The number of carbonyl (C=O) groups is 2. The number of carbonyl (C=O) groups excluding carboxylic acids is 1. The van der Waals surface area contributed by atoms with Crippen molar-refractivity contribution in [3.05, 3.63) is 42.0 Å². The third-order valence-electron chi connectivity index (χ3n) is 3.84. The highest BCUT2D eigenvalue weighted by atomic mass is 32.2. The van der Waals surface area contributed by atoms with E-state index in [-0.39, 0.29) is 33.5 Å². The summed E-state index contributed by atoms with van der Waals surface area (Å²) in [4.78, 5) is 23.2. The molecule has 0 aliphatic heterocycles. The minimum atomic E-state index is -3.96. The van der Waals surface area contributed by atoms with Gasteiger partial charge in [-0.15, -0.1) is 0 Å². The van der Waals surface area contributed by atoms with Gasteiger partial charge < -0.3 is 16.2 Å². The summed E-state index contributed by atoms with van der Waals surface area (Å²) < 4.78 is 28.1. The Morgan fingerprint density at radius 3 is 2.38 bits per heavy atom. The van der Waals surface area contributed by atoms with Crippen LogP contribution in [0.2, 0.25) is 0 Å². The number of nitrogen functional groups attached to an aromatic ring is 1. The lowest BCUT2D eigenvalue weighted by Gasteiger charge is -2.15. The molecule has 0 saturated carbocycles. The van der Waals surface area contributed by atoms with Crippen molar-refractivity contribution in [3.63, 3.8) is 0 Å². The monoisotopic (exact) mass is 437 g/mol. The molecular weight excluding hydrogens is 414 g/mol. The standard InChI is InChI=1S/C19H23N3O5S2/c1-3-4-9-21-29(26,27)17-11-13(19(24)25)10-16(20)18(17)28-15-7-5-14(6-8-15)22-12(2)23/h5-8,10-11,21H,3-4,9,20H2,1-2H3,(H,22,23)(H,24,25). The Hall–Kier alpha value is -2.56. The number of aromatic carboxylic acids is 1. The summed E-state index contributed by atoms with van der Waals surface area (Å²) >= 11 is 1.11. The fourth-order valence-electron chi connectivity index (χ4n) is 2.44. The lowest BCUT2D eigenvalue weighted by Crippen LogP contribution is -2.26. The summed E-state index contributed by atoms with van der Waals surface area (Å²) in [7, 11) is -3.96. The second kappa shape index (κ2) is 9.77. The quantitative estimate of drug-likeness (QED) is 0.349. The van der Waals surface area contributed by atoms with E-state index in [2.05, 4.69) is 10.0 Å². The lowest BCUT2D eigenvalue weighted by molar-refractivity contribution is -0.114. The number of rotatable bonds is 9. The van der Waals surface area contributed by atoms with Crippen molar-refractivity contribution < 1.29 is 23.1 Å². The van der Waals surface area contributed by atoms with Gasteiger partial charge in [0.15, 0.2) is 0 Å². The first kappa shape index (κ1) is 22.7. The second-order valence-electron chi connectivity index (χ2n) is 6.26. The van der Waals surface area contributed by atoms with E-state index in [1.807, 2.05) is 6.92 Å². The van der Waals surface area contributed by atoms with Crippen LogP contribution in [0.3, 0.4) is 0 Å². The van der Waals surface area contributed by atoms with Gasteiger partial charge in [-0.05, 0) is 42.8 Å². The van der Waals surface area contributed by atoms with E-state index in [0.717, 1.165) is 24.2 Å². The average molecular weight is 438 g/mol. The SMILES string of the molecule is CCCCNS(=O)(=O)c1cc(C(=O)O)cc(N)c1Sc1ccc(NC(C)=O)cc1. The first-order chi connectivity index (χ1) is 13.6. The third-order valence-corrected chi connectivity index (χ3v) is 6.62. The molecule has 8 nitrogen and oxygen atoms in total. The minimum Gasteiger partial charge on any atom is -0.478 e. The van der Waals surface area contributed by atoms with E-state index >= 15 is 0 Å². The van der Waals surface area contributed by atoms with E-state index in [9.17, 15) is 23.1 Å². The van der Waals surface area contributed by atoms with Crippen LogP contribution < -0.4 is 15.8 Å². The van der Waals surface area contributed by atoms with Crippen molar-refractivity contribution in [1.82, 2.24) is 4.72 Å². The number of nitrogens with one attached hydrogen (secondary N) is 2. The van der Waals surface area contributed by atoms with E-state index in [1.165, 1.54) is 13.0 Å². The Kier molecular flexibility index (Phi) is 7.66. The summed E-state index contributed by atoms with van der Waals surface area (Å²) in [6.07, 6.45) is 1.46. The zero-order valence-corrected chi connectivity index (χ0v) is 17.7. The maximum Gasteiger partial charge on any atom is 0.335 e. The Balaban J connectivity index is 2.44. The summed E-state index contributed by atoms with van der Waals surface area (Å²) in [6.45, 7) is 3.57. The van der Waals surface area contributed by atoms with Crippen LogP contribution in [0, 0.1) is 0 Å². The fraction of sp³-hybridized carbons (Fsp3) is 0.263. The predicted molar refractivity (Wildman–Crippen MR) is 113 cm³/mol. The lowest BCUT2D eigenvalue weighted by atomic mass is 10.2. The Labute approximate surface area is 173 Å². The Morgan fingerprint density at radius 1 is 1.17 bits per heavy atom. The highest BCUT2D eigenvalue weighted by Gasteiger charge is 2.23. The maximum atomic E-state index is 12.8. The predicted octanol–water partition coefficient (Wildman–Crippen LogP) is 3.16. The van der Waals surface area contributed by atoms with Crippen molar-refractivity contribution in [2.75, 3.05) is 17.6 Å². The largest absolute Gasteiger partial charge is 0.478 e. The molecule has 5 N–H and O–H groups in total. The number of unbranched alkanes of at least 4 members (excludes halogenated alkanes) is 1. The number of carboxylic acids is 1. The molecule has 29 heavy (non-hydrogen) atoms. The minimum absolute atomic E-state index is 0.0525. The molecule has 0 atom stereocenters. The third kappa shape index (κ3) is 6.21. The smallest absolute Gasteiger partial charge is 0.335 e. The summed E-state index contributed by atoms with van der Waals surface area (Å²) in [6, 6.07) is 9.13. The second-order valence-corrected chi connectivity index (χ2v) is 9.08. The Bertz CT molecular complexity index is 1010. The molecule has 0 bridgehead atoms. The number of hydrogen-bond acceptors (Lipinski definition) is 6. The van der Waals surface area contributed by atoms with Gasteiger partial charge in [0.05, 0.1) is 15.4 Å². The number of sulfonamides is 1. The van der Waals surface area contributed by atoms with Crippen molar-refractivity contribution >= 4 is 45.0 Å². The first-order valence-corrected chi connectivity index (χ1v) is 11.2. The molecule has 0 fully saturated rings. The number of carboxylic acid groups (broad SMARTS) is 1. The zero-order valence-electron chi connectivity index (χ0n) is 16.1. The van der Waals surface area contributed by atoms with Crippen LogP contribution in [-0.4, -0.2) is 31.9 Å².